The smallest absolute Gasteiger partial charge is 0.132 e. The van der Waals surface area contributed by atoms with Gasteiger partial charge in [0.2, 0.25) is 0 Å². The van der Waals surface area contributed by atoms with Gasteiger partial charge in [0.1, 0.15) is 17.7 Å². The number of nitrogens with zero attached hydrogens (tertiary/aromatic N) is 1. The lowest BCUT2D eigenvalue weighted by atomic mass is 9.97. The Bertz CT molecular complexity index is 748. The maximum Gasteiger partial charge on any atom is 0.132 e. The quantitative estimate of drug-likeness (QED) is 0.772. The molecule has 0 radical (unpaired) electrons. The molecule has 0 spiro atoms. The summed E-state index contributed by atoms with van der Waals surface area (Å²) in [7, 11) is 0. The fourth-order valence-electron chi connectivity index (χ4n) is 2.29. The molecule has 4 heteroatoms. The van der Waals surface area contributed by atoms with Crippen molar-refractivity contribution in [2.24, 2.45) is 0 Å². The zero-order valence-electron chi connectivity index (χ0n) is 10.4. The Hall–Kier alpha value is -2.33. The maximum atomic E-state index is 13.8. The molecule has 2 nitrogen and oxygen atoms in total. The number of fused-ring (bicyclic) bond motifs is 1. The molecule has 0 saturated carbocycles. The second-order valence-electron chi connectivity index (χ2n) is 4.46. The van der Waals surface area contributed by atoms with Gasteiger partial charge < -0.3 is 5.11 Å². The lowest BCUT2D eigenvalue weighted by Crippen LogP contribution is -2.06. The predicted octanol–water partition coefficient (Wildman–Crippen LogP) is 3.59. The van der Waals surface area contributed by atoms with Gasteiger partial charge in [-0.2, -0.15) is 0 Å². The van der Waals surface area contributed by atoms with Gasteiger partial charge in [-0.05, 0) is 29.8 Å². The fourth-order valence-corrected chi connectivity index (χ4v) is 2.29. The van der Waals surface area contributed by atoms with Crippen LogP contribution in [0.15, 0.2) is 54.7 Å². The van der Waals surface area contributed by atoms with Crippen LogP contribution in [0.3, 0.4) is 0 Å². The summed E-state index contributed by atoms with van der Waals surface area (Å²) < 4.78 is 27.5. The zero-order valence-corrected chi connectivity index (χ0v) is 10.4. The molecule has 0 saturated heterocycles. The second-order valence-corrected chi connectivity index (χ2v) is 4.46. The summed E-state index contributed by atoms with van der Waals surface area (Å²) >= 11 is 0. The third kappa shape index (κ3) is 2.04. The van der Waals surface area contributed by atoms with Crippen LogP contribution in [0, 0.1) is 11.6 Å². The topological polar surface area (TPSA) is 33.1 Å². The molecular weight excluding hydrogens is 260 g/mol. The Morgan fingerprint density at radius 1 is 0.900 bits per heavy atom. The van der Waals surface area contributed by atoms with Gasteiger partial charge in [0.05, 0.1) is 11.1 Å². The monoisotopic (exact) mass is 271 g/mol. The first-order chi connectivity index (χ1) is 9.68. The van der Waals surface area contributed by atoms with E-state index >= 15 is 0 Å². The van der Waals surface area contributed by atoms with E-state index in [1.54, 1.807) is 36.5 Å². The molecule has 3 aromatic rings. The largest absolute Gasteiger partial charge is 0.383 e. The highest BCUT2D eigenvalue weighted by Gasteiger charge is 2.21. The summed E-state index contributed by atoms with van der Waals surface area (Å²) in [6.45, 7) is 0. The van der Waals surface area contributed by atoms with E-state index in [2.05, 4.69) is 4.98 Å². The minimum absolute atomic E-state index is 0.344. The number of rotatable bonds is 2. The van der Waals surface area contributed by atoms with Crippen LogP contribution in [0.2, 0.25) is 0 Å². The summed E-state index contributed by atoms with van der Waals surface area (Å²) in [6, 6.07) is 12.1. The van der Waals surface area contributed by atoms with E-state index in [1.165, 1.54) is 6.07 Å². The van der Waals surface area contributed by atoms with Crippen molar-refractivity contribution >= 4 is 10.9 Å². The first kappa shape index (κ1) is 12.7. The molecule has 1 heterocycles. The molecule has 0 bridgehead atoms. The van der Waals surface area contributed by atoms with Crippen molar-refractivity contribution in [2.45, 2.75) is 6.10 Å². The molecule has 1 N–H and O–H groups in total. The second kappa shape index (κ2) is 4.98. The van der Waals surface area contributed by atoms with Gasteiger partial charge in [0.25, 0.3) is 0 Å². The van der Waals surface area contributed by atoms with Gasteiger partial charge in [0.15, 0.2) is 0 Å². The first-order valence-corrected chi connectivity index (χ1v) is 6.14. The van der Waals surface area contributed by atoms with Gasteiger partial charge in [-0.25, -0.2) is 8.78 Å². The molecule has 0 fully saturated rings. The summed E-state index contributed by atoms with van der Waals surface area (Å²) in [4.78, 5) is 4.16. The normalized spacial score (nSPS) is 12.6. The number of hydrogen-bond donors (Lipinski definition) is 1. The van der Waals surface area contributed by atoms with Gasteiger partial charge in [0, 0.05) is 11.6 Å². The highest BCUT2D eigenvalue weighted by Crippen LogP contribution is 2.30. The Labute approximate surface area is 114 Å². The standard InChI is InChI=1S/C16H11F2NO/c17-12-6-2-7-13(18)15(12)16(20)11-4-1-8-14-10(11)5-3-9-19-14/h1-9,16,20H. The lowest BCUT2D eigenvalue weighted by Gasteiger charge is -2.15. The van der Waals surface area contributed by atoms with E-state index in [4.69, 9.17) is 0 Å². The number of benzene rings is 2. The number of pyridine rings is 1. The van der Waals surface area contributed by atoms with Crippen LogP contribution in [0.5, 0.6) is 0 Å². The van der Waals surface area contributed by atoms with Crippen LogP contribution >= 0.6 is 0 Å². The summed E-state index contributed by atoms with van der Waals surface area (Å²) in [5.41, 5.74) is 0.754. The van der Waals surface area contributed by atoms with E-state index in [0.717, 1.165) is 12.1 Å². The van der Waals surface area contributed by atoms with Crippen LogP contribution in [0.4, 0.5) is 8.78 Å². The van der Waals surface area contributed by atoms with Crippen LogP contribution in [-0.4, -0.2) is 10.1 Å². The molecule has 0 amide bonds. The maximum absolute atomic E-state index is 13.8. The highest BCUT2D eigenvalue weighted by atomic mass is 19.1. The zero-order chi connectivity index (χ0) is 14.1. The molecule has 0 aliphatic carbocycles. The van der Waals surface area contributed by atoms with Crippen LogP contribution in [0.25, 0.3) is 10.9 Å². The average Bonchev–Trinajstić information content (AvgIpc) is 2.46. The minimum atomic E-state index is -1.37. The third-order valence-electron chi connectivity index (χ3n) is 3.25. The third-order valence-corrected chi connectivity index (χ3v) is 3.25. The van der Waals surface area contributed by atoms with E-state index in [9.17, 15) is 13.9 Å². The van der Waals surface area contributed by atoms with Gasteiger partial charge in [-0.1, -0.05) is 24.3 Å². The Morgan fingerprint density at radius 2 is 1.60 bits per heavy atom. The summed E-state index contributed by atoms with van der Waals surface area (Å²) in [5.74, 6) is -1.53. The van der Waals surface area contributed by atoms with Crippen molar-refractivity contribution in [1.82, 2.24) is 4.98 Å². The number of halogens is 2. The van der Waals surface area contributed by atoms with E-state index in [0.29, 0.717) is 16.5 Å². The Balaban J connectivity index is 2.21. The molecule has 100 valence electrons. The number of aliphatic hydroxyl groups excluding tert-OH is 1. The fraction of sp³-hybridized carbons (Fsp3) is 0.0625. The average molecular weight is 271 g/mol. The molecule has 2 aromatic carbocycles. The molecule has 20 heavy (non-hydrogen) atoms. The van der Waals surface area contributed by atoms with E-state index in [-0.39, 0.29) is 5.56 Å². The van der Waals surface area contributed by atoms with E-state index in [1.807, 2.05) is 0 Å². The first-order valence-electron chi connectivity index (χ1n) is 6.14. The van der Waals surface area contributed by atoms with Crippen molar-refractivity contribution in [3.63, 3.8) is 0 Å². The van der Waals surface area contributed by atoms with Crippen molar-refractivity contribution in [1.29, 1.82) is 0 Å². The van der Waals surface area contributed by atoms with Gasteiger partial charge >= 0.3 is 0 Å². The van der Waals surface area contributed by atoms with E-state index < -0.39 is 17.7 Å². The Kier molecular flexibility index (Phi) is 3.16. The predicted molar refractivity (Wildman–Crippen MR) is 72.2 cm³/mol. The summed E-state index contributed by atoms with van der Waals surface area (Å²) in [5, 5.41) is 11.0. The molecule has 1 atom stereocenters. The van der Waals surface area contributed by atoms with Crippen molar-refractivity contribution in [3.8, 4) is 0 Å². The molecule has 0 aliphatic heterocycles. The van der Waals surface area contributed by atoms with Crippen molar-refractivity contribution in [2.75, 3.05) is 0 Å². The molecule has 3 rings (SSSR count). The van der Waals surface area contributed by atoms with Gasteiger partial charge in [-0.3, -0.25) is 4.98 Å². The number of aromatic nitrogens is 1. The molecular formula is C16H11F2NO. The molecule has 1 unspecified atom stereocenters. The molecule has 0 aliphatic rings. The number of aliphatic hydroxyl groups is 1. The Morgan fingerprint density at radius 3 is 2.35 bits per heavy atom. The lowest BCUT2D eigenvalue weighted by molar-refractivity contribution is 0.210. The van der Waals surface area contributed by atoms with Crippen LogP contribution < -0.4 is 0 Å². The van der Waals surface area contributed by atoms with Crippen LogP contribution in [0.1, 0.15) is 17.2 Å². The van der Waals surface area contributed by atoms with Gasteiger partial charge in [-0.15, -0.1) is 0 Å². The van der Waals surface area contributed by atoms with Crippen molar-refractivity contribution in [3.05, 3.63) is 77.5 Å². The van der Waals surface area contributed by atoms with Crippen molar-refractivity contribution < 1.29 is 13.9 Å². The minimum Gasteiger partial charge on any atom is -0.383 e. The number of hydrogen-bond acceptors (Lipinski definition) is 2. The summed E-state index contributed by atoms with van der Waals surface area (Å²) in [6.07, 6.45) is 0.256. The molecule has 1 aromatic heterocycles. The highest BCUT2D eigenvalue weighted by molar-refractivity contribution is 5.82. The SMILES string of the molecule is OC(c1c(F)cccc1F)c1cccc2ncccc12. The van der Waals surface area contributed by atoms with Crippen LogP contribution in [-0.2, 0) is 0 Å².